The van der Waals surface area contributed by atoms with Crippen molar-refractivity contribution in [2.75, 3.05) is 0 Å². The van der Waals surface area contributed by atoms with E-state index in [1.807, 2.05) is 0 Å². The summed E-state index contributed by atoms with van der Waals surface area (Å²) in [6, 6.07) is 10.1. The van der Waals surface area contributed by atoms with Gasteiger partial charge in [-0.2, -0.15) is 0 Å². The van der Waals surface area contributed by atoms with Gasteiger partial charge in [0.1, 0.15) is 11.6 Å². The molecular weight excluding hydrogens is 263 g/mol. The molecule has 0 heterocycles. The Balaban J connectivity index is 1.95. The van der Waals surface area contributed by atoms with E-state index in [-0.39, 0.29) is 11.4 Å². The Kier molecular flexibility index (Phi) is 4.27. The van der Waals surface area contributed by atoms with Gasteiger partial charge in [0.05, 0.1) is 4.92 Å². The Bertz CT molecular complexity index is 611. The number of nitro benzene ring substituents is 1. The number of benzene rings is 2. The highest BCUT2D eigenvalue weighted by atomic mass is 19.1. The lowest BCUT2D eigenvalue weighted by atomic mass is 10.2. The summed E-state index contributed by atoms with van der Waals surface area (Å²) in [4.78, 5) is 10.2. The molecule has 0 saturated carbocycles. The van der Waals surface area contributed by atoms with E-state index in [1.54, 1.807) is 12.1 Å². The second-order valence-corrected chi connectivity index (χ2v) is 4.35. The van der Waals surface area contributed by atoms with Crippen LogP contribution >= 0.6 is 0 Å². The molecule has 0 unspecified atom stereocenters. The van der Waals surface area contributed by atoms with Gasteiger partial charge in [0.15, 0.2) is 0 Å². The number of hydrogen-bond acceptors (Lipinski definition) is 4. The normalized spacial score (nSPS) is 10.4. The van der Waals surface area contributed by atoms with Crippen LogP contribution in [0.1, 0.15) is 11.1 Å². The first-order valence-corrected chi connectivity index (χ1v) is 5.97. The van der Waals surface area contributed by atoms with E-state index >= 15 is 0 Å². The maximum Gasteiger partial charge on any atom is 0.269 e. The van der Waals surface area contributed by atoms with Crippen LogP contribution in [-0.2, 0) is 13.1 Å². The van der Waals surface area contributed by atoms with Crippen LogP contribution in [0.3, 0.4) is 0 Å². The third kappa shape index (κ3) is 3.76. The molecule has 0 spiro atoms. The van der Waals surface area contributed by atoms with Crippen molar-refractivity contribution in [3.8, 4) is 5.75 Å². The van der Waals surface area contributed by atoms with E-state index in [0.717, 1.165) is 11.6 Å². The molecule has 0 amide bonds. The van der Waals surface area contributed by atoms with Gasteiger partial charge >= 0.3 is 0 Å². The standard InChI is InChI=1S/C14H13FN2O3/c15-12-4-11(6-14(18)7-12)9-16-8-10-2-1-3-13(5-10)17(19)20/h1-7,16,18H,8-9H2. The summed E-state index contributed by atoms with van der Waals surface area (Å²) in [5.41, 5.74) is 1.40. The van der Waals surface area contributed by atoms with Crippen molar-refractivity contribution in [2.45, 2.75) is 13.1 Å². The number of halogens is 1. The van der Waals surface area contributed by atoms with Crippen molar-refractivity contribution in [3.05, 3.63) is 69.5 Å². The number of nitrogens with zero attached hydrogens (tertiary/aromatic N) is 1. The highest BCUT2D eigenvalue weighted by Crippen LogP contribution is 2.15. The van der Waals surface area contributed by atoms with Gasteiger partial charge < -0.3 is 10.4 Å². The van der Waals surface area contributed by atoms with Gasteiger partial charge in [-0.1, -0.05) is 12.1 Å². The SMILES string of the molecule is O=[N+]([O-])c1cccc(CNCc2cc(O)cc(F)c2)c1. The fraction of sp³-hybridized carbons (Fsp3) is 0.143. The molecule has 0 atom stereocenters. The number of hydrogen-bond donors (Lipinski definition) is 2. The Morgan fingerprint density at radius 1 is 1.15 bits per heavy atom. The van der Waals surface area contributed by atoms with E-state index in [0.29, 0.717) is 18.7 Å². The molecule has 0 radical (unpaired) electrons. The van der Waals surface area contributed by atoms with Crippen LogP contribution < -0.4 is 5.32 Å². The topological polar surface area (TPSA) is 75.4 Å². The summed E-state index contributed by atoms with van der Waals surface area (Å²) in [6.07, 6.45) is 0. The molecule has 0 aromatic heterocycles. The minimum atomic E-state index is -0.503. The van der Waals surface area contributed by atoms with Crippen LogP contribution in [0.15, 0.2) is 42.5 Å². The van der Waals surface area contributed by atoms with Crippen molar-refractivity contribution in [1.29, 1.82) is 0 Å². The third-order valence-corrected chi connectivity index (χ3v) is 2.72. The molecule has 2 aromatic carbocycles. The number of non-ortho nitro benzene ring substituents is 1. The molecule has 0 fully saturated rings. The average molecular weight is 276 g/mol. The molecule has 104 valence electrons. The van der Waals surface area contributed by atoms with Crippen molar-refractivity contribution in [2.24, 2.45) is 0 Å². The fourth-order valence-electron chi connectivity index (χ4n) is 1.87. The summed E-state index contributed by atoms with van der Waals surface area (Å²) in [5, 5.41) is 22.9. The zero-order valence-corrected chi connectivity index (χ0v) is 10.5. The monoisotopic (exact) mass is 276 g/mol. The predicted molar refractivity (Wildman–Crippen MR) is 71.7 cm³/mol. The molecule has 2 N–H and O–H groups in total. The minimum Gasteiger partial charge on any atom is -0.508 e. The lowest BCUT2D eigenvalue weighted by molar-refractivity contribution is -0.384. The van der Waals surface area contributed by atoms with Crippen molar-refractivity contribution in [3.63, 3.8) is 0 Å². The number of phenols is 1. The molecule has 0 bridgehead atoms. The Labute approximate surface area is 114 Å². The molecule has 0 saturated heterocycles. The molecule has 20 heavy (non-hydrogen) atoms. The Morgan fingerprint density at radius 2 is 1.90 bits per heavy atom. The van der Waals surface area contributed by atoms with Crippen molar-refractivity contribution < 1.29 is 14.4 Å². The Hall–Kier alpha value is -2.47. The first-order chi connectivity index (χ1) is 9.54. The molecular formula is C14H13FN2O3. The largest absolute Gasteiger partial charge is 0.508 e. The lowest BCUT2D eigenvalue weighted by Gasteiger charge is -2.06. The van der Waals surface area contributed by atoms with Gasteiger partial charge in [0.2, 0.25) is 0 Å². The number of aromatic hydroxyl groups is 1. The third-order valence-electron chi connectivity index (χ3n) is 2.72. The zero-order valence-electron chi connectivity index (χ0n) is 10.5. The van der Waals surface area contributed by atoms with Gasteiger partial charge in [0.25, 0.3) is 5.69 Å². The Morgan fingerprint density at radius 3 is 2.60 bits per heavy atom. The van der Waals surface area contributed by atoms with Crippen LogP contribution in [0.5, 0.6) is 5.75 Å². The van der Waals surface area contributed by atoms with E-state index in [1.165, 1.54) is 24.3 Å². The van der Waals surface area contributed by atoms with Gasteiger partial charge in [-0.3, -0.25) is 10.1 Å². The van der Waals surface area contributed by atoms with Gasteiger partial charge in [-0.05, 0) is 23.3 Å². The quantitative estimate of drug-likeness (QED) is 0.650. The summed E-state index contributed by atoms with van der Waals surface area (Å²) >= 11 is 0. The molecule has 2 rings (SSSR count). The molecule has 0 aliphatic rings. The van der Waals surface area contributed by atoms with Crippen LogP contribution in [0.4, 0.5) is 10.1 Å². The zero-order chi connectivity index (χ0) is 14.5. The lowest BCUT2D eigenvalue weighted by Crippen LogP contribution is -2.12. The fourth-order valence-corrected chi connectivity index (χ4v) is 1.87. The van der Waals surface area contributed by atoms with E-state index < -0.39 is 10.7 Å². The maximum atomic E-state index is 13.1. The van der Waals surface area contributed by atoms with Gasteiger partial charge in [0, 0.05) is 31.3 Å². The van der Waals surface area contributed by atoms with E-state index in [4.69, 9.17) is 0 Å². The molecule has 0 aliphatic heterocycles. The number of nitro groups is 1. The van der Waals surface area contributed by atoms with E-state index in [9.17, 15) is 19.6 Å². The number of rotatable bonds is 5. The van der Waals surface area contributed by atoms with Crippen LogP contribution in [0.25, 0.3) is 0 Å². The van der Waals surface area contributed by atoms with Crippen LogP contribution in [0.2, 0.25) is 0 Å². The average Bonchev–Trinajstić information content (AvgIpc) is 2.38. The highest BCUT2D eigenvalue weighted by molar-refractivity contribution is 5.34. The second-order valence-electron chi connectivity index (χ2n) is 4.35. The summed E-state index contributed by atoms with van der Waals surface area (Å²) in [7, 11) is 0. The maximum absolute atomic E-state index is 13.1. The van der Waals surface area contributed by atoms with Gasteiger partial charge in [-0.15, -0.1) is 0 Å². The van der Waals surface area contributed by atoms with Gasteiger partial charge in [-0.25, -0.2) is 4.39 Å². The predicted octanol–water partition coefficient (Wildman–Crippen LogP) is 2.73. The van der Waals surface area contributed by atoms with Crippen LogP contribution in [0, 0.1) is 15.9 Å². The van der Waals surface area contributed by atoms with E-state index in [2.05, 4.69) is 5.32 Å². The highest BCUT2D eigenvalue weighted by Gasteiger charge is 2.05. The summed E-state index contributed by atoms with van der Waals surface area (Å²) < 4.78 is 13.1. The molecule has 5 nitrogen and oxygen atoms in total. The first-order valence-electron chi connectivity index (χ1n) is 5.97. The minimum absolute atomic E-state index is 0.0349. The molecule has 2 aromatic rings. The first kappa shape index (κ1) is 14.0. The molecule has 0 aliphatic carbocycles. The van der Waals surface area contributed by atoms with Crippen LogP contribution in [-0.4, -0.2) is 10.0 Å². The number of nitrogens with one attached hydrogen (secondary N) is 1. The smallest absolute Gasteiger partial charge is 0.269 e. The number of phenolic OH excluding ortho intramolecular Hbond substituents is 1. The summed E-state index contributed by atoms with van der Waals surface area (Å²) in [6.45, 7) is 0.771. The summed E-state index contributed by atoms with van der Waals surface area (Å²) in [5.74, 6) is -0.630. The van der Waals surface area contributed by atoms with Crippen molar-refractivity contribution >= 4 is 5.69 Å². The second kappa shape index (κ2) is 6.12. The molecule has 6 heteroatoms. The van der Waals surface area contributed by atoms with Crippen molar-refractivity contribution in [1.82, 2.24) is 5.32 Å².